The standard InChI is InChI=1S/C29H36FN3O4/c1-18(28-23-7-5-21(30)14-26(23)37-32-28)8-11-33-12-9-20(10-13-33)25-15-24-22(27(36-25)16-31-17-34)6-4-19(2)29(24)35-3/h4-7,14,17-18,20,25,27H,8-13,15-16H2,1-3H3,(H,31,34)/t18?,25-,27?/m0/s1. The molecule has 0 aliphatic carbocycles. The van der Waals surface area contributed by atoms with Crippen LogP contribution in [0.4, 0.5) is 4.39 Å². The van der Waals surface area contributed by atoms with E-state index in [1.165, 1.54) is 17.7 Å². The van der Waals surface area contributed by atoms with E-state index in [-0.39, 0.29) is 23.9 Å². The fraction of sp³-hybridized carbons (Fsp3) is 0.517. The highest BCUT2D eigenvalue weighted by Gasteiger charge is 2.36. The van der Waals surface area contributed by atoms with Crippen molar-refractivity contribution in [2.75, 3.05) is 33.3 Å². The number of fused-ring (bicyclic) bond motifs is 2. The fourth-order valence-electron chi connectivity index (χ4n) is 6.03. The van der Waals surface area contributed by atoms with Gasteiger partial charge in [-0.2, -0.15) is 0 Å². The van der Waals surface area contributed by atoms with E-state index in [9.17, 15) is 9.18 Å². The summed E-state index contributed by atoms with van der Waals surface area (Å²) in [5, 5.41) is 7.93. The predicted octanol–water partition coefficient (Wildman–Crippen LogP) is 4.92. The first-order chi connectivity index (χ1) is 18.0. The molecule has 0 bridgehead atoms. The van der Waals surface area contributed by atoms with Crippen LogP contribution in [-0.2, 0) is 16.0 Å². The van der Waals surface area contributed by atoms with E-state index in [0.29, 0.717) is 18.0 Å². The largest absolute Gasteiger partial charge is 0.496 e. The third-order valence-electron chi connectivity index (χ3n) is 8.14. The van der Waals surface area contributed by atoms with Gasteiger partial charge in [-0.25, -0.2) is 4.39 Å². The molecule has 2 aliphatic heterocycles. The number of nitrogens with zero attached hydrogens (tertiary/aromatic N) is 2. The Hall–Kier alpha value is -2.97. The molecule has 3 heterocycles. The van der Waals surface area contributed by atoms with Crippen LogP contribution in [0.2, 0.25) is 0 Å². The molecule has 0 saturated carbocycles. The van der Waals surface area contributed by atoms with E-state index >= 15 is 0 Å². The number of hydrogen-bond acceptors (Lipinski definition) is 6. The molecule has 3 aromatic rings. The number of carbonyl (C=O) groups is 1. The normalized spacial score (nSPS) is 21.5. The van der Waals surface area contributed by atoms with Crippen LogP contribution >= 0.6 is 0 Å². The van der Waals surface area contributed by atoms with Gasteiger partial charge in [0.1, 0.15) is 17.7 Å². The van der Waals surface area contributed by atoms with Gasteiger partial charge in [0, 0.05) is 35.9 Å². The molecule has 5 rings (SSSR count). The number of ether oxygens (including phenoxy) is 2. The number of piperidine rings is 1. The number of carbonyl (C=O) groups excluding carboxylic acids is 1. The molecule has 1 amide bonds. The quantitative estimate of drug-likeness (QED) is 0.413. The lowest BCUT2D eigenvalue weighted by atomic mass is 9.83. The van der Waals surface area contributed by atoms with E-state index in [0.717, 1.165) is 79.7 Å². The lowest BCUT2D eigenvalue weighted by Gasteiger charge is -2.41. The fourth-order valence-corrected chi connectivity index (χ4v) is 6.03. The van der Waals surface area contributed by atoms with Gasteiger partial charge in [-0.3, -0.25) is 4.79 Å². The second kappa shape index (κ2) is 11.2. The minimum atomic E-state index is -0.309. The van der Waals surface area contributed by atoms with Crippen molar-refractivity contribution in [3.05, 3.63) is 58.5 Å². The summed E-state index contributed by atoms with van der Waals surface area (Å²) in [5.74, 6) is 1.32. The first kappa shape index (κ1) is 25.7. The van der Waals surface area contributed by atoms with Crippen LogP contribution in [0, 0.1) is 18.7 Å². The lowest BCUT2D eigenvalue weighted by molar-refractivity contribution is -0.111. The maximum absolute atomic E-state index is 13.5. The Morgan fingerprint density at radius 3 is 2.84 bits per heavy atom. The molecule has 3 atom stereocenters. The first-order valence-electron chi connectivity index (χ1n) is 13.2. The zero-order valence-electron chi connectivity index (χ0n) is 21.8. The summed E-state index contributed by atoms with van der Waals surface area (Å²) >= 11 is 0. The molecular weight excluding hydrogens is 473 g/mol. The molecule has 2 aromatic carbocycles. The number of amides is 1. The van der Waals surface area contributed by atoms with Crippen molar-refractivity contribution < 1.29 is 23.2 Å². The van der Waals surface area contributed by atoms with Crippen molar-refractivity contribution in [1.82, 2.24) is 15.4 Å². The Morgan fingerprint density at radius 2 is 2.08 bits per heavy atom. The number of nitrogens with one attached hydrogen (secondary N) is 1. The number of benzene rings is 2. The molecule has 37 heavy (non-hydrogen) atoms. The monoisotopic (exact) mass is 509 g/mol. The van der Waals surface area contributed by atoms with Gasteiger partial charge in [0.25, 0.3) is 0 Å². The van der Waals surface area contributed by atoms with Crippen molar-refractivity contribution in [2.24, 2.45) is 5.92 Å². The summed E-state index contributed by atoms with van der Waals surface area (Å²) in [7, 11) is 1.73. The first-order valence-corrected chi connectivity index (χ1v) is 13.2. The summed E-state index contributed by atoms with van der Waals surface area (Å²) < 4.78 is 31.2. The SMILES string of the molecule is COc1c(C)ccc2c1C[C@@H](C1CCN(CCC(C)c3noc4cc(F)ccc34)CC1)OC2CNC=O. The van der Waals surface area contributed by atoms with Crippen LogP contribution in [0.3, 0.4) is 0 Å². The summed E-state index contributed by atoms with van der Waals surface area (Å²) in [4.78, 5) is 13.5. The molecule has 1 saturated heterocycles. The van der Waals surface area contributed by atoms with Gasteiger partial charge >= 0.3 is 0 Å². The number of methoxy groups -OCH3 is 1. The third kappa shape index (κ3) is 5.36. The van der Waals surface area contributed by atoms with E-state index in [1.807, 2.05) is 0 Å². The summed E-state index contributed by atoms with van der Waals surface area (Å²) in [6.45, 7) is 7.72. The van der Waals surface area contributed by atoms with Crippen molar-refractivity contribution in [1.29, 1.82) is 0 Å². The predicted molar refractivity (Wildman–Crippen MR) is 139 cm³/mol. The molecule has 7 nitrogen and oxygen atoms in total. The van der Waals surface area contributed by atoms with Crippen LogP contribution in [0.25, 0.3) is 11.0 Å². The van der Waals surface area contributed by atoms with Crippen molar-refractivity contribution in [3.8, 4) is 5.75 Å². The number of likely N-dealkylation sites (tertiary alicyclic amines) is 1. The maximum Gasteiger partial charge on any atom is 0.207 e. The molecule has 1 fully saturated rings. The molecule has 1 N–H and O–H groups in total. The van der Waals surface area contributed by atoms with Gasteiger partial charge in [0.2, 0.25) is 6.41 Å². The van der Waals surface area contributed by atoms with Gasteiger partial charge in [-0.15, -0.1) is 0 Å². The Kier molecular flexibility index (Phi) is 7.76. The molecule has 1 aromatic heterocycles. The van der Waals surface area contributed by atoms with Crippen LogP contribution in [0.15, 0.2) is 34.9 Å². The van der Waals surface area contributed by atoms with Crippen molar-refractivity contribution >= 4 is 17.4 Å². The molecule has 8 heteroatoms. The average molecular weight is 510 g/mol. The highest BCUT2D eigenvalue weighted by Crippen LogP contribution is 2.41. The van der Waals surface area contributed by atoms with Crippen LogP contribution in [-0.4, -0.2) is 55.9 Å². The Balaban J connectivity index is 1.19. The minimum Gasteiger partial charge on any atom is -0.496 e. The van der Waals surface area contributed by atoms with Crippen molar-refractivity contribution in [3.63, 3.8) is 0 Å². The molecule has 0 radical (unpaired) electrons. The van der Waals surface area contributed by atoms with Crippen LogP contribution < -0.4 is 10.1 Å². The summed E-state index contributed by atoms with van der Waals surface area (Å²) in [6.07, 6.45) is 4.61. The highest BCUT2D eigenvalue weighted by atomic mass is 19.1. The molecule has 198 valence electrons. The lowest BCUT2D eigenvalue weighted by Crippen LogP contribution is -2.42. The molecule has 0 spiro atoms. The summed E-state index contributed by atoms with van der Waals surface area (Å²) in [5.41, 5.74) is 4.86. The number of aryl methyl sites for hydroxylation is 1. The Labute approximate surface area is 217 Å². The van der Waals surface area contributed by atoms with Gasteiger partial charge < -0.3 is 24.2 Å². The molecule has 2 unspecified atom stereocenters. The zero-order valence-corrected chi connectivity index (χ0v) is 21.8. The highest BCUT2D eigenvalue weighted by molar-refractivity contribution is 5.79. The van der Waals surface area contributed by atoms with Crippen molar-refractivity contribution in [2.45, 2.75) is 57.7 Å². The van der Waals surface area contributed by atoms with Gasteiger partial charge in [-0.1, -0.05) is 24.2 Å². The summed E-state index contributed by atoms with van der Waals surface area (Å²) in [6, 6.07) is 8.79. The molecular formula is C29H36FN3O4. The van der Waals surface area contributed by atoms with Gasteiger partial charge in [0.15, 0.2) is 5.58 Å². The van der Waals surface area contributed by atoms with Gasteiger partial charge in [0.05, 0.1) is 18.9 Å². The second-order valence-corrected chi connectivity index (χ2v) is 10.5. The minimum absolute atomic E-state index is 0.101. The number of hydrogen-bond donors (Lipinski definition) is 1. The van der Waals surface area contributed by atoms with E-state index < -0.39 is 0 Å². The third-order valence-corrected chi connectivity index (χ3v) is 8.14. The average Bonchev–Trinajstić information content (AvgIpc) is 3.33. The van der Waals surface area contributed by atoms with Crippen LogP contribution in [0.1, 0.15) is 60.6 Å². The number of aromatic nitrogens is 1. The van der Waals surface area contributed by atoms with E-state index in [2.05, 4.69) is 41.4 Å². The van der Waals surface area contributed by atoms with Gasteiger partial charge in [-0.05, 0) is 75.0 Å². The smallest absolute Gasteiger partial charge is 0.207 e. The van der Waals surface area contributed by atoms with Crippen LogP contribution in [0.5, 0.6) is 5.75 Å². The number of halogens is 1. The number of rotatable bonds is 9. The molecule has 2 aliphatic rings. The van der Waals surface area contributed by atoms with E-state index in [1.54, 1.807) is 13.2 Å². The topological polar surface area (TPSA) is 76.8 Å². The Morgan fingerprint density at radius 1 is 1.27 bits per heavy atom. The zero-order chi connectivity index (χ0) is 25.9. The Bertz CT molecular complexity index is 1240. The van der Waals surface area contributed by atoms with E-state index in [4.69, 9.17) is 14.0 Å². The maximum atomic E-state index is 13.5. The second-order valence-electron chi connectivity index (χ2n) is 10.5.